The lowest BCUT2D eigenvalue weighted by Crippen LogP contribution is -2.24. The number of nitrogens with one attached hydrogen (secondary N) is 1. The van der Waals surface area contributed by atoms with Crippen molar-refractivity contribution in [2.24, 2.45) is 5.73 Å². The third-order valence-corrected chi connectivity index (χ3v) is 2.95. The molecule has 3 N–H and O–H groups in total. The van der Waals surface area contributed by atoms with Crippen molar-refractivity contribution in [3.8, 4) is 0 Å². The molecule has 1 aliphatic carbocycles. The molecule has 1 saturated carbocycles. The number of hydrogen-bond donors (Lipinski definition) is 2. The highest BCUT2D eigenvalue weighted by Gasteiger charge is 2.25. The molecule has 0 saturated heterocycles. The molecule has 1 aromatic heterocycles. The van der Waals surface area contributed by atoms with Gasteiger partial charge in [0.05, 0.1) is 0 Å². The number of nitrogens with two attached hydrogens (primary N) is 1. The quantitative estimate of drug-likeness (QED) is 0.695. The maximum Gasteiger partial charge on any atom is 0.293 e. The van der Waals surface area contributed by atoms with Gasteiger partial charge in [-0.15, -0.1) is 0 Å². The molecule has 0 unspecified atom stereocenters. The second kappa shape index (κ2) is 5.66. The average molecular weight is 250 g/mol. The van der Waals surface area contributed by atoms with Gasteiger partial charge in [-0.1, -0.05) is 0 Å². The highest BCUT2D eigenvalue weighted by molar-refractivity contribution is 5.73. The molecular formula is C12H18N4O2. The van der Waals surface area contributed by atoms with E-state index in [2.05, 4.69) is 10.3 Å². The Morgan fingerprint density at radius 2 is 2.28 bits per heavy atom. The Labute approximate surface area is 105 Å². The minimum Gasteiger partial charge on any atom is -0.370 e. The Kier molecular flexibility index (Phi) is 3.96. The topological polar surface area (TPSA) is 90.0 Å². The number of hydrogen-bond acceptors (Lipinski definition) is 4. The molecule has 1 fully saturated rings. The third-order valence-electron chi connectivity index (χ3n) is 2.95. The Hall–Kier alpha value is -1.85. The monoisotopic (exact) mass is 250 g/mol. The lowest BCUT2D eigenvalue weighted by molar-refractivity contribution is -0.118. The van der Waals surface area contributed by atoms with Crippen molar-refractivity contribution in [1.29, 1.82) is 0 Å². The molecule has 0 radical (unpaired) electrons. The summed E-state index contributed by atoms with van der Waals surface area (Å²) in [6, 6.07) is 0.357. The van der Waals surface area contributed by atoms with E-state index < -0.39 is 0 Å². The molecule has 18 heavy (non-hydrogen) atoms. The standard InChI is InChI=1S/C12H18N4O2/c13-10(17)3-1-2-6-14-11-12(18)16(8-7-15-11)9-4-5-9/h7-9H,1-6H2,(H2,13,17)(H,14,15). The summed E-state index contributed by atoms with van der Waals surface area (Å²) in [7, 11) is 0. The minimum atomic E-state index is -0.288. The minimum absolute atomic E-state index is 0.0603. The molecular weight excluding hydrogens is 232 g/mol. The fourth-order valence-electron chi connectivity index (χ4n) is 1.82. The SMILES string of the molecule is NC(=O)CCCCNc1nccn(C2CC2)c1=O. The number of amides is 1. The van der Waals surface area contributed by atoms with Crippen molar-refractivity contribution in [3.05, 3.63) is 22.7 Å². The first-order valence-corrected chi connectivity index (χ1v) is 6.28. The van der Waals surface area contributed by atoms with Crippen molar-refractivity contribution < 1.29 is 4.79 Å². The predicted molar refractivity (Wildman–Crippen MR) is 68.3 cm³/mol. The number of anilines is 1. The molecule has 0 aliphatic heterocycles. The van der Waals surface area contributed by atoms with Crippen LogP contribution in [0.4, 0.5) is 5.82 Å². The van der Waals surface area contributed by atoms with Gasteiger partial charge in [0.2, 0.25) is 5.91 Å². The average Bonchev–Trinajstić information content (AvgIpc) is 3.14. The zero-order valence-corrected chi connectivity index (χ0v) is 10.3. The molecule has 6 heteroatoms. The van der Waals surface area contributed by atoms with Crippen molar-refractivity contribution in [1.82, 2.24) is 9.55 Å². The molecule has 1 heterocycles. The summed E-state index contributed by atoms with van der Waals surface area (Å²) in [6.45, 7) is 0.629. The molecule has 0 spiro atoms. The molecule has 0 aromatic carbocycles. The predicted octanol–water partition coefficient (Wildman–Crippen LogP) is 0.646. The maximum absolute atomic E-state index is 12.0. The van der Waals surface area contributed by atoms with Crippen molar-refractivity contribution >= 4 is 11.7 Å². The van der Waals surface area contributed by atoms with Crippen LogP contribution in [0, 0.1) is 0 Å². The molecule has 0 atom stereocenters. The van der Waals surface area contributed by atoms with E-state index >= 15 is 0 Å². The van der Waals surface area contributed by atoms with Gasteiger partial charge in [-0.25, -0.2) is 4.98 Å². The Morgan fingerprint density at radius 3 is 2.94 bits per heavy atom. The largest absolute Gasteiger partial charge is 0.370 e. The van der Waals surface area contributed by atoms with Gasteiger partial charge < -0.3 is 15.6 Å². The Balaban J connectivity index is 1.84. The van der Waals surface area contributed by atoms with Gasteiger partial charge in [-0.3, -0.25) is 9.59 Å². The summed E-state index contributed by atoms with van der Waals surface area (Å²) in [5.41, 5.74) is 4.98. The molecule has 1 aliphatic rings. The number of nitrogens with zero attached hydrogens (tertiary/aromatic N) is 2. The van der Waals surface area contributed by atoms with E-state index in [1.807, 2.05) is 0 Å². The van der Waals surface area contributed by atoms with Gasteiger partial charge in [0.1, 0.15) is 0 Å². The summed E-state index contributed by atoms with van der Waals surface area (Å²) >= 11 is 0. The van der Waals surface area contributed by atoms with Gasteiger partial charge in [0, 0.05) is 31.4 Å². The number of unbranched alkanes of at least 4 members (excludes halogenated alkanes) is 1. The number of rotatable bonds is 7. The summed E-state index contributed by atoms with van der Waals surface area (Å²) < 4.78 is 1.73. The lowest BCUT2D eigenvalue weighted by atomic mass is 10.2. The van der Waals surface area contributed by atoms with E-state index in [-0.39, 0.29) is 11.5 Å². The fourth-order valence-corrected chi connectivity index (χ4v) is 1.82. The van der Waals surface area contributed by atoms with Crippen LogP contribution in [0.3, 0.4) is 0 Å². The van der Waals surface area contributed by atoms with Gasteiger partial charge in [0.15, 0.2) is 5.82 Å². The number of carbonyl (C=O) groups is 1. The first-order chi connectivity index (χ1) is 8.68. The van der Waals surface area contributed by atoms with Crippen LogP contribution < -0.4 is 16.6 Å². The normalized spacial score (nSPS) is 14.4. The maximum atomic E-state index is 12.0. The van der Waals surface area contributed by atoms with Gasteiger partial charge in [-0.2, -0.15) is 0 Å². The van der Waals surface area contributed by atoms with E-state index in [1.54, 1.807) is 17.0 Å². The number of aromatic nitrogens is 2. The Bertz CT molecular complexity index is 479. The molecule has 6 nitrogen and oxygen atoms in total. The van der Waals surface area contributed by atoms with Gasteiger partial charge in [-0.05, 0) is 25.7 Å². The second-order valence-electron chi connectivity index (χ2n) is 4.57. The zero-order valence-electron chi connectivity index (χ0n) is 10.3. The van der Waals surface area contributed by atoms with Crippen LogP contribution in [0.1, 0.15) is 38.1 Å². The molecule has 98 valence electrons. The summed E-state index contributed by atoms with van der Waals surface area (Å²) in [6.07, 6.45) is 7.43. The van der Waals surface area contributed by atoms with Gasteiger partial charge in [0.25, 0.3) is 5.56 Å². The summed E-state index contributed by atoms with van der Waals surface area (Å²) in [5, 5.41) is 3.01. The van der Waals surface area contributed by atoms with E-state index in [4.69, 9.17) is 5.73 Å². The molecule has 2 rings (SSSR count). The highest BCUT2D eigenvalue weighted by Crippen LogP contribution is 2.33. The molecule has 1 amide bonds. The fraction of sp³-hybridized carbons (Fsp3) is 0.583. The van der Waals surface area contributed by atoms with Crippen LogP contribution >= 0.6 is 0 Å². The van der Waals surface area contributed by atoms with Crippen LogP contribution in [0.25, 0.3) is 0 Å². The summed E-state index contributed by atoms with van der Waals surface area (Å²) in [4.78, 5) is 26.6. The first kappa shape index (κ1) is 12.6. The summed E-state index contributed by atoms with van der Waals surface area (Å²) in [5.74, 6) is 0.104. The van der Waals surface area contributed by atoms with Crippen LogP contribution in [0.5, 0.6) is 0 Å². The van der Waals surface area contributed by atoms with E-state index in [9.17, 15) is 9.59 Å². The first-order valence-electron chi connectivity index (χ1n) is 6.28. The van der Waals surface area contributed by atoms with Crippen molar-refractivity contribution in [2.45, 2.75) is 38.1 Å². The van der Waals surface area contributed by atoms with E-state index in [0.29, 0.717) is 24.8 Å². The lowest BCUT2D eigenvalue weighted by Gasteiger charge is -2.07. The van der Waals surface area contributed by atoms with Crippen LogP contribution in [-0.2, 0) is 4.79 Å². The molecule has 0 bridgehead atoms. The highest BCUT2D eigenvalue weighted by atomic mass is 16.1. The van der Waals surface area contributed by atoms with Crippen LogP contribution in [0.15, 0.2) is 17.2 Å². The van der Waals surface area contributed by atoms with Crippen molar-refractivity contribution in [2.75, 3.05) is 11.9 Å². The zero-order chi connectivity index (χ0) is 13.0. The molecule has 1 aromatic rings. The second-order valence-corrected chi connectivity index (χ2v) is 4.57. The number of carbonyl (C=O) groups excluding carboxylic acids is 1. The van der Waals surface area contributed by atoms with Crippen molar-refractivity contribution in [3.63, 3.8) is 0 Å². The smallest absolute Gasteiger partial charge is 0.293 e. The van der Waals surface area contributed by atoms with E-state index in [0.717, 1.165) is 25.7 Å². The van der Waals surface area contributed by atoms with Crippen LogP contribution in [0.2, 0.25) is 0 Å². The third kappa shape index (κ3) is 3.32. The van der Waals surface area contributed by atoms with E-state index in [1.165, 1.54) is 0 Å². The van der Waals surface area contributed by atoms with Gasteiger partial charge >= 0.3 is 0 Å². The Morgan fingerprint density at radius 1 is 1.50 bits per heavy atom. The van der Waals surface area contributed by atoms with Crippen LogP contribution in [-0.4, -0.2) is 22.0 Å². The number of primary amides is 1.